The summed E-state index contributed by atoms with van der Waals surface area (Å²) in [5.41, 5.74) is 0. The molecule has 0 unspecified atom stereocenters. The van der Waals surface area contributed by atoms with E-state index in [4.69, 9.17) is 14.6 Å². The maximum atomic E-state index is 8.75. The van der Waals surface area contributed by atoms with Crippen molar-refractivity contribution in [3.05, 3.63) is 12.5 Å². The van der Waals surface area contributed by atoms with Gasteiger partial charge in [-0.15, -0.1) is 0 Å². The molecule has 1 aliphatic rings. The maximum absolute atomic E-state index is 8.75. The lowest BCUT2D eigenvalue weighted by molar-refractivity contribution is -0.182. The Hall–Kier alpha value is -0.700. The number of rotatable bonds is 3. The minimum atomic E-state index is -0.616. The van der Waals surface area contributed by atoms with E-state index in [9.17, 15) is 0 Å². The first-order valence-electron chi connectivity index (χ1n) is 3.83. The first kappa shape index (κ1) is 8.40. The highest BCUT2D eigenvalue weighted by molar-refractivity contribution is 4.85. The van der Waals surface area contributed by atoms with Crippen molar-refractivity contribution in [1.29, 1.82) is 0 Å². The molecule has 1 aliphatic heterocycles. The summed E-state index contributed by atoms with van der Waals surface area (Å²) in [5.74, 6) is -0.376. The van der Waals surface area contributed by atoms with Gasteiger partial charge in [-0.25, -0.2) is 0 Å². The molecule has 0 bridgehead atoms. The molecule has 0 aliphatic carbocycles. The van der Waals surface area contributed by atoms with Gasteiger partial charge in [-0.2, -0.15) is 0 Å². The van der Waals surface area contributed by atoms with Crippen LogP contribution in [0.25, 0.3) is 0 Å². The van der Waals surface area contributed by atoms with Gasteiger partial charge in [-0.1, -0.05) is 13.8 Å². The van der Waals surface area contributed by atoms with Crippen molar-refractivity contribution in [2.24, 2.45) is 5.92 Å². The molecule has 0 atom stereocenters. The van der Waals surface area contributed by atoms with E-state index >= 15 is 0 Å². The first-order chi connectivity index (χ1) is 5.21. The standard InChI is InChI=1S/C8H14O3/c1-7(2)8(3-4-9)10-5-6-11-8/h5-7,9H,3-4H2,1-2H3. The highest BCUT2D eigenvalue weighted by Gasteiger charge is 2.38. The van der Waals surface area contributed by atoms with Crippen molar-refractivity contribution in [3.63, 3.8) is 0 Å². The Morgan fingerprint density at radius 3 is 2.27 bits per heavy atom. The van der Waals surface area contributed by atoms with Gasteiger partial charge in [0.15, 0.2) is 0 Å². The Kier molecular flexibility index (Phi) is 2.39. The Balaban J connectivity index is 2.57. The maximum Gasteiger partial charge on any atom is 0.254 e. The zero-order chi connectivity index (χ0) is 8.32. The van der Waals surface area contributed by atoms with E-state index < -0.39 is 5.79 Å². The SMILES string of the molecule is CC(C)C1(CCO)OC=CO1. The van der Waals surface area contributed by atoms with E-state index in [1.165, 1.54) is 12.5 Å². The molecule has 1 heterocycles. The summed E-state index contributed by atoms with van der Waals surface area (Å²) < 4.78 is 10.6. The minimum absolute atomic E-state index is 0.0832. The summed E-state index contributed by atoms with van der Waals surface area (Å²) in [5, 5.41) is 8.75. The van der Waals surface area contributed by atoms with Crippen molar-refractivity contribution in [1.82, 2.24) is 0 Å². The molecule has 0 aromatic carbocycles. The summed E-state index contributed by atoms with van der Waals surface area (Å²) in [6.45, 7) is 4.09. The summed E-state index contributed by atoms with van der Waals surface area (Å²) in [7, 11) is 0. The predicted octanol–water partition coefficient (Wildman–Crippen LogP) is 1.24. The average Bonchev–Trinajstić information content (AvgIpc) is 2.38. The topological polar surface area (TPSA) is 38.7 Å². The van der Waals surface area contributed by atoms with Crippen LogP contribution in [0.5, 0.6) is 0 Å². The van der Waals surface area contributed by atoms with Crippen molar-refractivity contribution >= 4 is 0 Å². The molecular formula is C8H14O3. The van der Waals surface area contributed by atoms with Gasteiger partial charge >= 0.3 is 0 Å². The fourth-order valence-electron chi connectivity index (χ4n) is 1.15. The molecule has 1 N–H and O–H groups in total. The molecule has 3 nitrogen and oxygen atoms in total. The lowest BCUT2D eigenvalue weighted by atomic mass is 10.00. The van der Waals surface area contributed by atoms with Crippen LogP contribution in [0.3, 0.4) is 0 Å². The molecule has 0 aromatic heterocycles. The van der Waals surface area contributed by atoms with Crippen LogP contribution in [-0.4, -0.2) is 17.5 Å². The molecule has 3 heteroatoms. The highest BCUT2D eigenvalue weighted by atomic mass is 16.7. The Labute approximate surface area is 66.6 Å². The van der Waals surface area contributed by atoms with Gasteiger partial charge in [-0.3, -0.25) is 0 Å². The second kappa shape index (κ2) is 3.13. The second-order valence-electron chi connectivity index (χ2n) is 2.95. The lowest BCUT2D eigenvalue weighted by Gasteiger charge is -2.30. The summed E-state index contributed by atoms with van der Waals surface area (Å²) >= 11 is 0. The summed E-state index contributed by atoms with van der Waals surface area (Å²) in [4.78, 5) is 0. The van der Waals surface area contributed by atoms with Crippen LogP contribution in [0.2, 0.25) is 0 Å². The second-order valence-corrected chi connectivity index (χ2v) is 2.95. The first-order valence-corrected chi connectivity index (χ1v) is 3.83. The predicted molar refractivity (Wildman–Crippen MR) is 40.6 cm³/mol. The molecule has 11 heavy (non-hydrogen) atoms. The van der Waals surface area contributed by atoms with Crippen LogP contribution < -0.4 is 0 Å². The Morgan fingerprint density at radius 2 is 1.91 bits per heavy atom. The zero-order valence-corrected chi connectivity index (χ0v) is 6.91. The number of aliphatic hydroxyl groups is 1. The molecule has 0 fully saturated rings. The van der Waals surface area contributed by atoms with Crippen LogP contribution in [-0.2, 0) is 9.47 Å². The fraction of sp³-hybridized carbons (Fsp3) is 0.750. The number of hydrogen-bond donors (Lipinski definition) is 1. The third-order valence-electron chi connectivity index (χ3n) is 1.93. The van der Waals surface area contributed by atoms with Crippen LogP contribution in [0.1, 0.15) is 20.3 Å². The molecule has 0 spiro atoms. The van der Waals surface area contributed by atoms with E-state index in [2.05, 4.69) is 0 Å². The highest BCUT2D eigenvalue weighted by Crippen LogP contribution is 2.31. The monoisotopic (exact) mass is 158 g/mol. The molecule has 0 saturated carbocycles. The average molecular weight is 158 g/mol. The van der Waals surface area contributed by atoms with Gasteiger partial charge < -0.3 is 14.6 Å². The van der Waals surface area contributed by atoms with E-state index in [1.807, 2.05) is 13.8 Å². The normalized spacial score (nSPS) is 20.0. The van der Waals surface area contributed by atoms with Gasteiger partial charge in [0.05, 0.1) is 6.61 Å². The molecule has 1 rings (SSSR count). The van der Waals surface area contributed by atoms with E-state index in [0.29, 0.717) is 6.42 Å². The van der Waals surface area contributed by atoms with Crippen molar-refractivity contribution in [2.75, 3.05) is 6.61 Å². The quantitative estimate of drug-likeness (QED) is 0.671. The summed E-state index contributed by atoms with van der Waals surface area (Å²) in [6, 6.07) is 0. The molecule has 0 aromatic rings. The fourth-order valence-corrected chi connectivity index (χ4v) is 1.15. The van der Waals surface area contributed by atoms with Gasteiger partial charge in [0.25, 0.3) is 5.79 Å². The number of hydrogen-bond acceptors (Lipinski definition) is 3. The van der Waals surface area contributed by atoms with Crippen molar-refractivity contribution in [2.45, 2.75) is 26.1 Å². The summed E-state index contributed by atoms with van der Waals surface area (Å²) in [6.07, 6.45) is 3.56. The van der Waals surface area contributed by atoms with E-state index in [0.717, 1.165) is 0 Å². The molecule has 0 saturated heterocycles. The number of ether oxygens (including phenoxy) is 2. The number of aliphatic hydroxyl groups excluding tert-OH is 1. The van der Waals surface area contributed by atoms with Gasteiger partial charge in [0.1, 0.15) is 12.5 Å². The van der Waals surface area contributed by atoms with Crippen molar-refractivity contribution in [3.8, 4) is 0 Å². The van der Waals surface area contributed by atoms with Crippen LogP contribution >= 0.6 is 0 Å². The molecule has 0 amide bonds. The van der Waals surface area contributed by atoms with Gasteiger partial charge in [0, 0.05) is 12.3 Å². The third kappa shape index (κ3) is 1.48. The van der Waals surface area contributed by atoms with Crippen molar-refractivity contribution < 1.29 is 14.6 Å². The molecular weight excluding hydrogens is 144 g/mol. The van der Waals surface area contributed by atoms with Gasteiger partial charge in [-0.05, 0) is 0 Å². The minimum Gasteiger partial charge on any atom is -0.456 e. The van der Waals surface area contributed by atoms with Crippen LogP contribution in [0.15, 0.2) is 12.5 Å². The zero-order valence-electron chi connectivity index (χ0n) is 6.91. The Bertz CT molecular complexity index is 143. The molecule has 0 radical (unpaired) electrons. The van der Waals surface area contributed by atoms with E-state index in [-0.39, 0.29) is 12.5 Å². The Morgan fingerprint density at radius 1 is 1.36 bits per heavy atom. The van der Waals surface area contributed by atoms with Crippen LogP contribution in [0, 0.1) is 5.92 Å². The third-order valence-corrected chi connectivity index (χ3v) is 1.93. The largest absolute Gasteiger partial charge is 0.456 e. The van der Waals surface area contributed by atoms with Gasteiger partial charge in [0.2, 0.25) is 0 Å². The van der Waals surface area contributed by atoms with Crippen LogP contribution in [0.4, 0.5) is 0 Å². The van der Waals surface area contributed by atoms with E-state index in [1.54, 1.807) is 0 Å². The lowest BCUT2D eigenvalue weighted by Crippen LogP contribution is -2.37. The molecule has 64 valence electrons. The smallest absolute Gasteiger partial charge is 0.254 e.